The normalized spacial score (nSPS) is 18.9. The van der Waals surface area contributed by atoms with Crippen LogP contribution in [0.2, 0.25) is 0 Å². The number of nitrogens with zero attached hydrogens (tertiary/aromatic N) is 3. The second-order valence-electron chi connectivity index (χ2n) is 7.27. The molecular weight excluding hydrogens is 373 g/mol. The monoisotopic (exact) mass is 397 g/mol. The first-order chi connectivity index (χ1) is 14.1. The highest BCUT2D eigenvalue weighted by Gasteiger charge is 2.31. The molecule has 0 bridgehead atoms. The molecule has 0 saturated carbocycles. The number of para-hydroxylation sites is 1. The SMILES string of the molecule is CN(Cc1ccccc1N1CCOCC1)C(=O)C1CC(c2cccc(F)c2)=NO1. The number of carbonyl (C=O) groups is 1. The molecule has 0 aliphatic carbocycles. The third kappa shape index (κ3) is 4.40. The number of amides is 1. The zero-order valence-electron chi connectivity index (χ0n) is 16.4. The van der Waals surface area contributed by atoms with Crippen LogP contribution in [0.25, 0.3) is 0 Å². The number of rotatable bonds is 5. The summed E-state index contributed by atoms with van der Waals surface area (Å²) in [7, 11) is 1.77. The van der Waals surface area contributed by atoms with E-state index < -0.39 is 6.10 Å². The number of hydrogen-bond donors (Lipinski definition) is 0. The Balaban J connectivity index is 1.41. The molecule has 0 radical (unpaired) electrons. The number of carbonyl (C=O) groups excluding carboxylic acids is 1. The number of morpholine rings is 1. The smallest absolute Gasteiger partial charge is 0.266 e. The van der Waals surface area contributed by atoms with Gasteiger partial charge in [-0.1, -0.05) is 35.5 Å². The lowest BCUT2D eigenvalue weighted by Gasteiger charge is -2.31. The average Bonchev–Trinajstić information content (AvgIpc) is 3.24. The lowest BCUT2D eigenvalue weighted by Crippen LogP contribution is -2.38. The van der Waals surface area contributed by atoms with Crippen LogP contribution in [0.15, 0.2) is 53.7 Å². The van der Waals surface area contributed by atoms with Crippen molar-refractivity contribution in [1.29, 1.82) is 0 Å². The van der Waals surface area contributed by atoms with Crippen molar-refractivity contribution in [2.45, 2.75) is 19.1 Å². The summed E-state index contributed by atoms with van der Waals surface area (Å²) in [5.74, 6) is -0.478. The van der Waals surface area contributed by atoms with E-state index >= 15 is 0 Å². The lowest BCUT2D eigenvalue weighted by atomic mass is 10.0. The molecule has 1 fully saturated rings. The molecule has 2 heterocycles. The predicted molar refractivity (Wildman–Crippen MR) is 108 cm³/mol. The zero-order valence-corrected chi connectivity index (χ0v) is 16.4. The molecule has 7 heteroatoms. The number of ether oxygens (including phenoxy) is 1. The van der Waals surface area contributed by atoms with Crippen molar-refractivity contribution in [3.05, 3.63) is 65.5 Å². The minimum absolute atomic E-state index is 0.142. The topological polar surface area (TPSA) is 54.4 Å². The molecule has 1 unspecified atom stereocenters. The van der Waals surface area contributed by atoms with E-state index in [4.69, 9.17) is 9.57 Å². The quantitative estimate of drug-likeness (QED) is 0.779. The van der Waals surface area contributed by atoms with Gasteiger partial charge in [0.2, 0.25) is 6.10 Å². The van der Waals surface area contributed by atoms with Gasteiger partial charge in [-0.2, -0.15) is 0 Å². The number of halogens is 1. The van der Waals surface area contributed by atoms with E-state index in [0.29, 0.717) is 37.5 Å². The fourth-order valence-electron chi connectivity index (χ4n) is 3.68. The summed E-state index contributed by atoms with van der Waals surface area (Å²) in [5.41, 5.74) is 3.43. The summed E-state index contributed by atoms with van der Waals surface area (Å²) in [4.78, 5) is 22.2. The van der Waals surface area contributed by atoms with Crippen molar-refractivity contribution >= 4 is 17.3 Å². The summed E-state index contributed by atoms with van der Waals surface area (Å²) in [6, 6.07) is 14.3. The highest BCUT2D eigenvalue weighted by molar-refractivity contribution is 6.04. The minimum Gasteiger partial charge on any atom is -0.382 e. The van der Waals surface area contributed by atoms with Crippen molar-refractivity contribution in [1.82, 2.24) is 4.90 Å². The molecule has 0 spiro atoms. The minimum atomic E-state index is -0.686. The van der Waals surface area contributed by atoms with Crippen LogP contribution < -0.4 is 4.90 Å². The van der Waals surface area contributed by atoms with Gasteiger partial charge in [0.25, 0.3) is 5.91 Å². The van der Waals surface area contributed by atoms with E-state index in [2.05, 4.69) is 16.1 Å². The predicted octanol–water partition coefficient (Wildman–Crippen LogP) is 2.81. The van der Waals surface area contributed by atoms with E-state index in [1.807, 2.05) is 18.2 Å². The molecular formula is C22H24FN3O3. The number of hydrogen-bond acceptors (Lipinski definition) is 5. The van der Waals surface area contributed by atoms with Gasteiger partial charge < -0.3 is 19.4 Å². The van der Waals surface area contributed by atoms with Crippen molar-refractivity contribution in [3.63, 3.8) is 0 Å². The Morgan fingerprint density at radius 1 is 1.21 bits per heavy atom. The molecule has 2 aromatic rings. The third-order valence-corrected chi connectivity index (χ3v) is 5.23. The number of oxime groups is 1. The standard InChI is InChI=1S/C22H24FN3O3/c1-25(15-17-5-2-3-8-20(17)26-9-11-28-12-10-26)22(27)21-14-19(24-29-21)16-6-4-7-18(23)13-16/h2-8,13,21H,9-12,14-15H2,1H3. The first-order valence-electron chi connectivity index (χ1n) is 9.76. The van der Waals surface area contributed by atoms with E-state index in [1.165, 1.54) is 12.1 Å². The summed E-state index contributed by atoms with van der Waals surface area (Å²) >= 11 is 0. The molecule has 2 aliphatic heterocycles. The molecule has 6 nitrogen and oxygen atoms in total. The van der Waals surface area contributed by atoms with E-state index in [1.54, 1.807) is 24.1 Å². The maximum absolute atomic E-state index is 13.5. The molecule has 1 saturated heterocycles. The molecule has 0 N–H and O–H groups in total. The van der Waals surface area contributed by atoms with E-state index in [0.717, 1.165) is 24.3 Å². The second kappa shape index (κ2) is 8.61. The van der Waals surface area contributed by atoms with Gasteiger partial charge in [-0.15, -0.1) is 0 Å². The van der Waals surface area contributed by atoms with Crippen LogP contribution in [-0.4, -0.2) is 56.0 Å². The van der Waals surface area contributed by atoms with Crippen LogP contribution in [0.3, 0.4) is 0 Å². The fourth-order valence-corrected chi connectivity index (χ4v) is 3.68. The van der Waals surface area contributed by atoms with Crippen molar-refractivity contribution < 1.29 is 18.8 Å². The summed E-state index contributed by atoms with van der Waals surface area (Å²) in [5, 5.41) is 4.01. The van der Waals surface area contributed by atoms with Gasteiger partial charge in [-0.3, -0.25) is 4.79 Å². The molecule has 4 rings (SSSR count). The van der Waals surface area contributed by atoms with Gasteiger partial charge in [0.1, 0.15) is 5.82 Å². The van der Waals surface area contributed by atoms with Crippen LogP contribution in [0.4, 0.5) is 10.1 Å². The highest BCUT2D eigenvalue weighted by atomic mass is 19.1. The lowest BCUT2D eigenvalue weighted by molar-refractivity contribution is -0.141. The largest absolute Gasteiger partial charge is 0.382 e. The van der Waals surface area contributed by atoms with Crippen LogP contribution in [0.5, 0.6) is 0 Å². The fraction of sp³-hybridized carbons (Fsp3) is 0.364. The summed E-state index contributed by atoms with van der Waals surface area (Å²) < 4.78 is 18.9. The van der Waals surface area contributed by atoms with Gasteiger partial charge in [0.15, 0.2) is 0 Å². The maximum Gasteiger partial charge on any atom is 0.266 e. The number of benzene rings is 2. The van der Waals surface area contributed by atoms with Gasteiger partial charge in [0.05, 0.1) is 18.9 Å². The van der Waals surface area contributed by atoms with Crippen LogP contribution in [-0.2, 0) is 20.9 Å². The van der Waals surface area contributed by atoms with E-state index in [9.17, 15) is 9.18 Å². The van der Waals surface area contributed by atoms with Gasteiger partial charge in [0, 0.05) is 44.4 Å². The highest BCUT2D eigenvalue weighted by Crippen LogP contribution is 2.24. The Bertz CT molecular complexity index is 912. The number of likely N-dealkylation sites (N-methyl/N-ethyl adjacent to an activating group) is 1. The van der Waals surface area contributed by atoms with Crippen LogP contribution >= 0.6 is 0 Å². The molecule has 152 valence electrons. The van der Waals surface area contributed by atoms with Crippen LogP contribution in [0.1, 0.15) is 17.5 Å². The van der Waals surface area contributed by atoms with Gasteiger partial charge in [-0.25, -0.2) is 4.39 Å². The first-order valence-corrected chi connectivity index (χ1v) is 9.76. The molecule has 0 aromatic heterocycles. The second-order valence-corrected chi connectivity index (χ2v) is 7.27. The molecule has 2 aliphatic rings. The Morgan fingerprint density at radius 2 is 2.00 bits per heavy atom. The Morgan fingerprint density at radius 3 is 2.79 bits per heavy atom. The van der Waals surface area contributed by atoms with Gasteiger partial charge in [-0.05, 0) is 23.8 Å². The summed E-state index contributed by atoms with van der Waals surface area (Å²) in [6.07, 6.45) is -0.355. The molecule has 1 amide bonds. The van der Waals surface area contributed by atoms with Crippen molar-refractivity contribution in [3.8, 4) is 0 Å². The zero-order chi connectivity index (χ0) is 20.2. The Kier molecular flexibility index (Phi) is 5.76. The number of anilines is 1. The Hall–Kier alpha value is -2.93. The van der Waals surface area contributed by atoms with Gasteiger partial charge >= 0.3 is 0 Å². The summed E-state index contributed by atoms with van der Waals surface area (Å²) in [6.45, 7) is 3.57. The average molecular weight is 397 g/mol. The molecule has 29 heavy (non-hydrogen) atoms. The first kappa shape index (κ1) is 19.4. The molecule has 1 atom stereocenters. The van der Waals surface area contributed by atoms with E-state index in [-0.39, 0.29) is 11.7 Å². The third-order valence-electron chi connectivity index (χ3n) is 5.23. The Labute approximate surface area is 169 Å². The maximum atomic E-state index is 13.5. The molecule has 2 aromatic carbocycles. The van der Waals surface area contributed by atoms with Crippen molar-refractivity contribution in [2.24, 2.45) is 5.16 Å². The van der Waals surface area contributed by atoms with Crippen LogP contribution in [0, 0.1) is 5.82 Å². The van der Waals surface area contributed by atoms with Crippen molar-refractivity contribution in [2.75, 3.05) is 38.3 Å².